The Morgan fingerprint density at radius 3 is 2.94 bits per heavy atom. The summed E-state index contributed by atoms with van der Waals surface area (Å²) in [6.07, 6.45) is 1.32. The Labute approximate surface area is 98.4 Å². The zero-order chi connectivity index (χ0) is 11.4. The van der Waals surface area contributed by atoms with Gasteiger partial charge in [0.05, 0.1) is 0 Å². The molecular formula is C14H22N2. The Kier molecular flexibility index (Phi) is 3.97. The summed E-state index contributed by atoms with van der Waals surface area (Å²) in [5.74, 6) is 0.825. The molecular weight excluding hydrogens is 196 g/mol. The van der Waals surface area contributed by atoms with Crippen LogP contribution in [0.2, 0.25) is 0 Å². The van der Waals surface area contributed by atoms with Gasteiger partial charge in [-0.15, -0.1) is 0 Å². The van der Waals surface area contributed by atoms with Gasteiger partial charge in [0.15, 0.2) is 0 Å². The summed E-state index contributed by atoms with van der Waals surface area (Å²) in [7, 11) is 0. The fourth-order valence-electron chi connectivity index (χ4n) is 2.34. The van der Waals surface area contributed by atoms with E-state index in [4.69, 9.17) is 0 Å². The number of rotatable bonds is 4. The minimum atomic E-state index is 0.825. The molecule has 1 heterocycles. The van der Waals surface area contributed by atoms with Crippen molar-refractivity contribution in [3.05, 3.63) is 34.9 Å². The number of benzene rings is 1. The Hall–Kier alpha value is -0.860. The van der Waals surface area contributed by atoms with Gasteiger partial charge in [-0.3, -0.25) is 0 Å². The van der Waals surface area contributed by atoms with Crippen LogP contribution in [-0.2, 0) is 6.54 Å². The Bertz CT molecular complexity index is 341. The van der Waals surface area contributed by atoms with Crippen molar-refractivity contribution in [2.75, 3.05) is 19.6 Å². The van der Waals surface area contributed by atoms with E-state index in [0.29, 0.717) is 0 Å². The topological polar surface area (TPSA) is 24.1 Å². The van der Waals surface area contributed by atoms with Crippen LogP contribution in [0.15, 0.2) is 18.2 Å². The SMILES string of the molecule is Cc1ccc(CNCC2CCNC2)c(C)c1. The summed E-state index contributed by atoms with van der Waals surface area (Å²) in [5, 5.41) is 6.96. The van der Waals surface area contributed by atoms with Crippen LogP contribution < -0.4 is 10.6 Å². The first kappa shape index (κ1) is 11.6. The molecule has 0 bridgehead atoms. The molecule has 1 atom stereocenters. The molecule has 1 aliphatic heterocycles. The number of hydrogen-bond donors (Lipinski definition) is 2. The third kappa shape index (κ3) is 3.06. The predicted molar refractivity (Wildman–Crippen MR) is 68.6 cm³/mol. The molecule has 1 unspecified atom stereocenters. The molecule has 2 rings (SSSR count). The molecule has 1 saturated heterocycles. The van der Waals surface area contributed by atoms with Crippen LogP contribution in [0.4, 0.5) is 0 Å². The Balaban J connectivity index is 1.80. The van der Waals surface area contributed by atoms with Gasteiger partial charge in [0.1, 0.15) is 0 Å². The van der Waals surface area contributed by atoms with Crippen molar-refractivity contribution >= 4 is 0 Å². The molecule has 1 fully saturated rings. The average molecular weight is 218 g/mol. The van der Waals surface area contributed by atoms with Gasteiger partial charge >= 0.3 is 0 Å². The molecule has 0 radical (unpaired) electrons. The molecule has 0 aromatic heterocycles. The highest BCUT2D eigenvalue weighted by Gasteiger charge is 2.13. The first-order valence-electron chi connectivity index (χ1n) is 6.23. The monoisotopic (exact) mass is 218 g/mol. The Morgan fingerprint density at radius 2 is 2.25 bits per heavy atom. The molecule has 0 spiro atoms. The summed E-state index contributed by atoms with van der Waals surface area (Å²) in [5.41, 5.74) is 4.18. The van der Waals surface area contributed by atoms with Gasteiger partial charge in [-0.2, -0.15) is 0 Å². The zero-order valence-corrected chi connectivity index (χ0v) is 10.3. The molecule has 88 valence electrons. The van der Waals surface area contributed by atoms with Crippen molar-refractivity contribution in [1.29, 1.82) is 0 Å². The normalized spacial score (nSPS) is 20.2. The van der Waals surface area contributed by atoms with Crippen LogP contribution in [-0.4, -0.2) is 19.6 Å². The third-order valence-electron chi connectivity index (χ3n) is 3.41. The highest BCUT2D eigenvalue weighted by Crippen LogP contribution is 2.11. The molecule has 2 heteroatoms. The smallest absolute Gasteiger partial charge is 0.0208 e. The van der Waals surface area contributed by atoms with Gasteiger partial charge in [0.2, 0.25) is 0 Å². The van der Waals surface area contributed by atoms with Gasteiger partial charge in [0.25, 0.3) is 0 Å². The fraction of sp³-hybridized carbons (Fsp3) is 0.571. The first-order chi connectivity index (χ1) is 7.75. The molecule has 1 aliphatic rings. The summed E-state index contributed by atoms with van der Waals surface area (Å²) >= 11 is 0. The molecule has 2 N–H and O–H groups in total. The summed E-state index contributed by atoms with van der Waals surface area (Å²) in [6.45, 7) is 8.86. The van der Waals surface area contributed by atoms with E-state index in [1.165, 1.54) is 36.2 Å². The molecule has 1 aromatic rings. The van der Waals surface area contributed by atoms with E-state index < -0.39 is 0 Å². The maximum absolute atomic E-state index is 3.56. The van der Waals surface area contributed by atoms with Crippen LogP contribution in [0.5, 0.6) is 0 Å². The van der Waals surface area contributed by atoms with Crippen LogP contribution >= 0.6 is 0 Å². The van der Waals surface area contributed by atoms with Crippen molar-refractivity contribution in [3.63, 3.8) is 0 Å². The third-order valence-corrected chi connectivity index (χ3v) is 3.41. The van der Waals surface area contributed by atoms with Crippen molar-refractivity contribution < 1.29 is 0 Å². The largest absolute Gasteiger partial charge is 0.316 e. The van der Waals surface area contributed by atoms with E-state index in [2.05, 4.69) is 42.7 Å². The second kappa shape index (κ2) is 5.46. The first-order valence-corrected chi connectivity index (χ1v) is 6.23. The van der Waals surface area contributed by atoms with E-state index in [-0.39, 0.29) is 0 Å². The second-order valence-corrected chi connectivity index (χ2v) is 4.92. The van der Waals surface area contributed by atoms with Gasteiger partial charge in [0, 0.05) is 6.54 Å². The minimum absolute atomic E-state index is 0.825. The van der Waals surface area contributed by atoms with E-state index in [1.807, 2.05) is 0 Å². The summed E-state index contributed by atoms with van der Waals surface area (Å²) in [6, 6.07) is 6.69. The van der Waals surface area contributed by atoms with Crippen molar-refractivity contribution in [2.24, 2.45) is 5.92 Å². The lowest BCUT2D eigenvalue weighted by atomic mass is 10.1. The lowest BCUT2D eigenvalue weighted by Crippen LogP contribution is -2.24. The highest BCUT2D eigenvalue weighted by atomic mass is 14.9. The van der Waals surface area contributed by atoms with Crippen LogP contribution in [0.25, 0.3) is 0 Å². The molecule has 0 saturated carbocycles. The van der Waals surface area contributed by atoms with E-state index in [0.717, 1.165) is 19.0 Å². The summed E-state index contributed by atoms with van der Waals surface area (Å²) < 4.78 is 0. The van der Waals surface area contributed by atoms with Gasteiger partial charge in [-0.05, 0) is 56.9 Å². The average Bonchev–Trinajstić information content (AvgIpc) is 2.74. The number of hydrogen-bond acceptors (Lipinski definition) is 2. The summed E-state index contributed by atoms with van der Waals surface area (Å²) in [4.78, 5) is 0. The van der Waals surface area contributed by atoms with Gasteiger partial charge in [-0.25, -0.2) is 0 Å². The van der Waals surface area contributed by atoms with Crippen LogP contribution in [0, 0.1) is 19.8 Å². The van der Waals surface area contributed by atoms with Crippen molar-refractivity contribution in [2.45, 2.75) is 26.8 Å². The van der Waals surface area contributed by atoms with E-state index in [1.54, 1.807) is 0 Å². The molecule has 2 nitrogen and oxygen atoms in total. The van der Waals surface area contributed by atoms with Crippen molar-refractivity contribution in [3.8, 4) is 0 Å². The zero-order valence-electron chi connectivity index (χ0n) is 10.3. The van der Waals surface area contributed by atoms with Crippen LogP contribution in [0.1, 0.15) is 23.1 Å². The fourth-order valence-corrected chi connectivity index (χ4v) is 2.34. The van der Waals surface area contributed by atoms with Crippen LogP contribution in [0.3, 0.4) is 0 Å². The maximum Gasteiger partial charge on any atom is 0.0208 e. The quantitative estimate of drug-likeness (QED) is 0.808. The van der Waals surface area contributed by atoms with Crippen molar-refractivity contribution in [1.82, 2.24) is 10.6 Å². The Morgan fingerprint density at radius 1 is 1.38 bits per heavy atom. The predicted octanol–water partition coefficient (Wildman–Crippen LogP) is 2.00. The molecule has 0 aliphatic carbocycles. The standard InChI is InChI=1S/C14H22N2/c1-11-3-4-14(12(2)7-11)10-16-9-13-5-6-15-8-13/h3-4,7,13,15-16H,5-6,8-10H2,1-2H3. The maximum atomic E-state index is 3.56. The number of aryl methyl sites for hydroxylation is 2. The van der Waals surface area contributed by atoms with Gasteiger partial charge in [-0.1, -0.05) is 23.8 Å². The van der Waals surface area contributed by atoms with Gasteiger partial charge < -0.3 is 10.6 Å². The number of nitrogens with one attached hydrogen (secondary N) is 2. The van der Waals surface area contributed by atoms with E-state index >= 15 is 0 Å². The molecule has 16 heavy (non-hydrogen) atoms. The lowest BCUT2D eigenvalue weighted by Gasteiger charge is -2.11. The molecule has 0 amide bonds. The minimum Gasteiger partial charge on any atom is -0.316 e. The lowest BCUT2D eigenvalue weighted by molar-refractivity contribution is 0.512. The molecule has 1 aromatic carbocycles. The second-order valence-electron chi connectivity index (χ2n) is 4.92. The highest BCUT2D eigenvalue weighted by molar-refractivity contribution is 5.30. The van der Waals surface area contributed by atoms with E-state index in [9.17, 15) is 0 Å².